The smallest absolute Gasteiger partial charge is 0.307 e. The molecule has 0 saturated heterocycles. The molecular formula is C22H18BrF2NO4. The fraction of sp³-hybridized carbons (Fsp3) is 0.182. The molecule has 3 rings (SSSR count). The molecule has 0 radical (unpaired) electrons. The normalized spacial score (nSPS) is 10.8. The molecule has 2 aromatic carbocycles. The quantitative estimate of drug-likeness (QED) is 0.545. The number of ether oxygens (including phenoxy) is 1. The van der Waals surface area contributed by atoms with E-state index in [4.69, 9.17) is 9.84 Å². The van der Waals surface area contributed by atoms with Crippen molar-refractivity contribution >= 4 is 21.9 Å². The summed E-state index contributed by atoms with van der Waals surface area (Å²) < 4.78 is 34.1. The van der Waals surface area contributed by atoms with E-state index < -0.39 is 17.6 Å². The van der Waals surface area contributed by atoms with Crippen LogP contribution in [-0.4, -0.2) is 15.6 Å². The van der Waals surface area contributed by atoms with Crippen molar-refractivity contribution in [2.45, 2.75) is 26.5 Å². The predicted molar refractivity (Wildman–Crippen MR) is 111 cm³/mol. The van der Waals surface area contributed by atoms with Crippen LogP contribution in [0.1, 0.15) is 22.4 Å². The first-order chi connectivity index (χ1) is 14.2. The largest absolute Gasteiger partial charge is 0.487 e. The van der Waals surface area contributed by atoms with Crippen molar-refractivity contribution in [3.05, 3.63) is 97.4 Å². The Kier molecular flexibility index (Phi) is 6.66. The summed E-state index contributed by atoms with van der Waals surface area (Å²) in [5.41, 5.74) is 1.87. The summed E-state index contributed by atoms with van der Waals surface area (Å²) in [6, 6.07) is 11.9. The van der Waals surface area contributed by atoms with Crippen LogP contribution in [-0.2, 0) is 24.4 Å². The van der Waals surface area contributed by atoms with Gasteiger partial charge in [0.2, 0.25) is 0 Å². The van der Waals surface area contributed by atoms with Crippen LogP contribution in [0.15, 0.2) is 57.8 Å². The van der Waals surface area contributed by atoms with Gasteiger partial charge in [-0.3, -0.25) is 9.59 Å². The minimum Gasteiger partial charge on any atom is -0.487 e. The Morgan fingerprint density at radius 3 is 2.57 bits per heavy atom. The Bertz CT molecular complexity index is 1160. The number of nitrogens with zero attached hydrogens (tertiary/aromatic N) is 1. The molecule has 0 atom stereocenters. The molecule has 0 aliphatic rings. The van der Waals surface area contributed by atoms with E-state index in [9.17, 15) is 18.4 Å². The van der Waals surface area contributed by atoms with Gasteiger partial charge in [-0.15, -0.1) is 0 Å². The number of hydrogen-bond acceptors (Lipinski definition) is 3. The van der Waals surface area contributed by atoms with E-state index in [0.717, 1.165) is 17.7 Å². The highest BCUT2D eigenvalue weighted by atomic mass is 79.9. The molecule has 0 saturated carbocycles. The summed E-state index contributed by atoms with van der Waals surface area (Å²) in [6.45, 7) is 1.83. The van der Waals surface area contributed by atoms with Gasteiger partial charge in [-0.2, -0.15) is 0 Å². The van der Waals surface area contributed by atoms with E-state index in [1.807, 2.05) is 6.07 Å². The molecule has 0 amide bonds. The van der Waals surface area contributed by atoms with Crippen LogP contribution in [0.25, 0.3) is 0 Å². The standard InChI is InChI=1S/C22H18BrF2NO4/c1-13-7-19(30-12-16-5-6-17(24)10-18(16)25)21(23)22(29)26(13)11-15-4-2-3-14(8-15)9-20(27)28/h2-8,10H,9,11-12H2,1H3,(H,27,28). The number of aliphatic carboxylic acids is 1. The molecule has 0 aliphatic carbocycles. The zero-order valence-corrected chi connectivity index (χ0v) is 17.6. The van der Waals surface area contributed by atoms with Crippen molar-refractivity contribution in [1.82, 2.24) is 4.57 Å². The van der Waals surface area contributed by atoms with Crippen molar-refractivity contribution in [2.75, 3.05) is 0 Å². The summed E-state index contributed by atoms with van der Waals surface area (Å²) in [5, 5.41) is 8.95. The Morgan fingerprint density at radius 1 is 1.13 bits per heavy atom. The van der Waals surface area contributed by atoms with Gasteiger partial charge in [-0.1, -0.05) is 24.3 Å². The minimum absolute atomic E-state index is 0.0991. The molecule has 1 aromatic heterocycles. The van der Waals surface area contributed by atoms with E-state index >= 15 is 0 Å². The van der Waals surface area contributed by atoms with Gasteiger partial charge < -0.3 is 14.4 Å². The Hall–Kier alpha value is -3.00. The summed E-state index contributed by atoms with van der Waals surface area (Å²) in [6.07, 6.45) is -0.0991. The molecule has 8 heteroatoms. The first-order valence-electron chi connectivity index (χ1n) is 9.01. The van der Waals surface area contributed by atoms with Crippen molar-refractivity contribution in [2.24, 2.45) is 0 Å². The Morgan fingerprint density at radius 2 is 1.87 bits per heavy atom. The zero-order valence-electron chi connectivity index (χ0n) is 16.0. The van der Waals surface area contributed by atoms with Crippen molar-refractivity contribution in [3.63, 3.8) is 0 Å². The van der Waals surface area contributed by atoms with Gasteiger partial charge in [0.25, 0.3) is 5.56 Å². The second-order valence-corrected chi connectivity index (χ2v) is 7.56. The highest BCUT2D eigenvalue weighted by Crippen LogP contribution is 2.24. The van der Waals surface area contributed by atoms with E-state index in [1.54, 1.807) is 31.2 Å². The molecule has 30 heavy (non-hydrogen) atoms. The molecule has 0 spiro atoms. The van der Waals surface area contributed by atoms with Crippen LogP contribution < -0.4 is 10.3 Å². The number of carbonyl (C=O) groups is 1. The van der Waals surface area contributed by atoms with Crippen LogP contribution >= 0.6 is 15.9 Å². The van der Waals surface area contributed by atoms with Gasteiger partial charge >= 0.3 is 5.97 Å². The van der Waals surface area contributed by atoms with Gasteiger partial charge in [0, 0.05) is 23.4 Å². The highest BCUT2D eigenvalue weighted by molar-refractivity contribution is 9.10. The van der Waals surface area contributed by atoms with Crippen LogP contribution in [0.3, 0.4) is 0 Å². The van der Waals surface area contributed by atoms with E-state index in [1.165, 1.54) is 10.6 Å². The fourth-order valence-electron chi connectivity index (χ4n) is 3.01. The highest BCUT2D eigenvalue weighted by Gasteiger charge is 2.14. The lowest BCUT2D eigenvalue weighted by molar-refractivity contribution is -0.136. The lowest BCUT2D eigenvalue weighted by Crippen LogP contribution is -2.24. The summed E-state index contributed by atoms with van der Waals surface area (Å²) in [5.74, 6) is -2.08. The van der Waals surface area contributed by atoms with Crippen molar-refractivity contribution in [3.8, 4) is 5.75 Å². The maximum Gasteiger partial charge on any atom is 0.307 e. The number of halogens is 3. The van der Waals surface area contributed by atoms with Crippen LogP contribution in [0.4, 0.5) is 8.78 Å². The summed E-state index contributed by atoms with van der Waals surface area (Å²) >= 11 is 3.24. The van der Waals surface area contributed by atoms with Gasteiger partial charge in [0.1, 0.15) is 28.5 Å². The first kappa shape index (κ1) is 21.7. The number of carboxylic acids is 1. The number of hydrogen-bond donors (Lipinski definition) is 1. The number of aryl methyl sites for hydroxylation is 1. The molecule has 0 aliphatic heterocycles. The zero-order chi connectivity index (χ0) is 21.8. The van der Waals surface area contributed by atoms with Crippen LogP contribution in [0.2, 0.25) is 0 Å². The van der Waals surface area contributed by atoms with Gasteiger partial charge in [0.15, 0.2) is 0 Å². The molecule has 156 valence electrons. The van der Waals surface area contributed by atoms with Crippen molar-refractivity contribution < 1.29 is 23.4 Å². The number of aromatic nitrogens is 1. The minimum atomic E-state index is -0.928. The number of carboxylic acid groups (broad SMARTS) is 1. The lowest BCUT2D eigenvalue weighted by Gasteiger charge is -2.15. The molecule has 0 fully saturated rings. The summed E-state index contributed by atoms with van der Waals surface area (Å²) in [7, 11) is 0. The summed E-state index contributed by atoms with van der Waals surface area (Å²) in [4.78, 5) is 23.7. The molecule has 3 aromatic rings. The average molecular weight is 478 g/mol. The third-order valence-electron chi connectivity index (χ3n) is 4.50. The van der Waals surface area contributed by atoms with Gasteiger partial charge in [-0.05, 0) is 46.1 Å². The topological polar surface area (TPSA) is 68.5 Å². The molecule has 0 unspecified atom stereocenters. The third-order valence-corrected chi connectivity index (χ3v) is 5.23. The second-order valence-electron chi connectivity index (χ2n) is 6.77. The SMILES string of the molecule is Cc1cc(OCc2ccc(F)cc2F)c(Br)c(=O)n1Cc1cccc(CC(=O)O)c1. The second kappa shape index (κ2) is 9.21. The fourth-order valence-corrected chi connectivity index (χ4v) is 3.45. The number of benzene rings is 2. The molecule has 0 bridgehead atoms. The molecular weight excluding hydrogens is 460 g/mol. The molecule has 5 nitrogen and oxygen atoms in total. The van der Waals surface area contributed by atoms with Crippen LogP contribution in [0.5, 0.6) is 5.75 Å². The number of rotatable bonds is 7. The maximum absolute atomic E-state index is 13.8. The Labute approximate surface area is 179 Å². The van der Waals surface area contributed by atoms with Crippen molar-refractivity contribution in [1.29, 1.82) is 0 Å². The first-order valence-corrected chi connectivity index (χ1v) is 9.80. The third kappa shape index (κ3) is 5.13. The molecule has 1 N–H and O–H groups in total. The maximum atomic E-state index is 13.8. The predicted octanol–water partition coefficient (Wildman–Crippen LogP) is 4.45. The van der Waals surface area contributed by atoms with E-state index in [2.05, 4.69) is 15.9 Å². The number of pyridine rings is 1. The van der Waals surface area contributed by atoms with Crippen LogP contribution in [0, 0.1) is 18.6 Å². The van der Waals surface area contributed by atoms with Gasteiger partial charge in [0.05, 0.1) is 13.0 Å². The monoisotopic (exact) mass is 477 g/mol. The molecule has 1 heterocycles. The lowest BCUT2D eigenvalue weighted by atomic mass is 10.1. The van der Waals surface area contributed by atoms with E-state index in [0.29, 0.717) is 11.3 Å². The van der Waals surface area contributed by atoms with Gasteiger partial charge in [-0.25, -0.2) is 8.78 Å². The average Bonchev–Trinajstić information content (AvgIpc) is 2.68. The Balaban J connectivity index is 1.82. The van der Waals surface area contributed by atoms with E-state index in [-0.39, 0.29) is 40.9 Å².